The molecule has 0 aliphatic rings. The van der Waals surface area contributed by atoms with Crippen LogP contribution in [0, 0.1) is 25.2 Å². The molecule has 1 amide bonds. The topological polar surface area (TPSA) is 49.0 Å². The van der Waals surface area contributed by atoms with E-state index in [-0.39, 0.29) is 5.91 Å². The summed E-state index contributed by atoms with van der Waals surface area (Å²) in [5, 5.41) is 9.00. The fraction of sp³-hybridized carbons (Fsp3) is 0.357. The molecule has 0 saturated heterocycles. The lowest BCUT2D eigenvalue weighted by Crippen LogP contribution is -2.31. The molecule has 166 valence electrons. The Labute approximate surface area is 192 Å². The van der Waals surface area contributed by atoms with E-state index >= 15 is 0 Å². The Bertz CT molecular complexity index is 1100. The number of nitriles is 1. The number of nitrogens with zero attached hydrogens (tertiary/aromatic N) is 3. The monoisotopic (exact) mass is 427 g/mol. The van der Waals surface area contributed by atoms with Gasteiger partial charge in [-0.25, -0.2) is 0 Å². The van der Waals surface area contributed by atoms with Crippen LogP contribution in [-0.4, -0.2) is 28.5 Å². The van der Waals surface area contributed by atoms with Crippen LogP contribution in [0.15, 0.2) is 54.6 Å². The van der Waals surface area contributed by atoms with E-state index in [1.807, 2.05) is 24.0 Å². The van der Waals surface area contributed by atoms with Crippen LogP contribution in [0.5, 0.6) is 0 Å². The Hall–Kier alpha value is -3.32. The summed E-state index contributed by atoms with van der Waals surface area (Å²) in [4.78, 5) is 14.7. The van der Waals surface area contributed by atoms with Crippen LogP contribution in [0.25, 0.3) is 16.9 Å². The lowest BCUT2D eigenvalue weighted by molar-refractivity contribution is -0.131. The minimum absolute atomic E-state index is 0.208. The van der Waals surface area contributed by atoms with Gasteiger partial charge in [-0.2, -0.15) is 5.26 Å². The molecule has 0 radical (unpaired) electrons. The van der Waals surface area contributed by atoms with E-state index in [0.29, 0.717) is 19.3 Å². The Morgan fingerprint density at radius 1 is 1.03 bits per heavy atom. The zero-order valence-electron chi connectivity index (χ0n) is 19.7. The summed E-state index contributed by atoms with van der Waals surface area (Å²) in [5.41, 5.74) is 7.96. The summed E-state index contributed by atoms with van der Waals surface area (Å²) in [6.45, 7) is 9.95. The molecule has 32 heavy (non-hydrogen) atoms. The molecule has 1 aromatic heterocycles. The van der Waals surface area contributed by atoms with E-state index in [4.69, 9.17) is 5.26 Å². The molecule has 0 unspecified atom stereocenters. The highest BCUT2D eigenvalue weighted by molar-refractivity contribution is 5.76. The molecule has 0 N–H and O–H groups in total. The van der Waals surface area contributed by atoms with Crippen LogP contribution in [0.2, 0.25) is 0 Å². The second kappa shape index (κ2) is 10.8. The minimum Gasteiger partial charge on any atom is -0.343 e. The van der Waals surface area contributed by atoms with Gasteiger partial charge in [-0.15, -0.1) is 0 Å². The average Bonchev–Trinajstić information content (AvgIpc) is 3.20. The summed E-state index contributed by atoms with van der Waals surface area (Å²) in [5.74, 6) is 0.208. The predicted octanol–water partition coefficient (Wildman–Crippen LogP) is 6.02. The SMILES string of the molecule is CCCN(CC)C(=O)CCc1ccc(-c2ccc(C)cc2C)n1-c1ccc(CC#N)cc1. The van der Waals surface area contributed by atoms with Gasteiger partial charge < -0.3 is 9.47 Å². The van der Waals surface area contributed by atoms with Gasteiger partial charge in [-0.05, 0) is 69.0 Å². The van der Waals surface area contributed by atoms with Crippen LogP contribution in [0.4, 0.5) is 0 Å². The Balaban J connectivity index is 1.99. The van der Waals surface area contributed by atoms with E-state index < -0.39 is 0 Å². The third-order valence-corrected chi connectivity index (χ3v) is 5.92. The molecule has 0 aliphatic carbocycles. The van der Waals surface area contributed by atoms with Crippen molar-refractivity contribution < 1.29 is 4.79 Å². The maximum Gasteiger partial charge on any atom is 0.222 e. The van der Waals surface area contributed by atoms with Crippen LogP contribution in [0.1, 0.15) is 49.1 Å². The van der Waals surface area contributed by atoms with Crippen LogP contribution in [0.3, 0.4) is 0 Å². The van der Waals surface area contributed by atoms with Gasteiger partial charge >= 0.3 is 0 Å². The molecule has 2 aromatic carbocycles. The largest absolute Gasteiger partial charge is 0.343 e. The number of aryl methyl sites for hydroxylation is 3. The molecule has 0 bridgehead atoms. The highest BCUT2D eigenvalue weighted by Gasteiger charge is 2.17. The summed E-state index contributed by atoms with van der Waals surface area (Å²) in [7, 11) is 0. The molecular formula is C28H33N3O. The van der Waals surface area contributed by atoms with Crippen LogP contribution in [-0.2, 0) is 17.6 Å². The Kier molecular flexibility index (Phi) is 7.89. The van der Waals surface area contributed by atoms with Gasteiger partial charge in [-0.1, -0.05) is 42.8 Å². The Morgan fingerprint density at radius 2 is 1.78 bits per heavy atom. The fourth-order valence-corrected chi connectivity index (χ4v) is 4.27. The van der Waals surface area contributed by atoms with Crippen molar-refractivity contribution in [1.82, 2.24) is 9.47 Å². The first kappa shape index (κ1) is 23.3. The molecule has 0 saturated carbocycles. The maximum absolute atomic E-state index is 12.8. The number of carbonyl (C=O) groups excluding carboxylic acids is 1. The first-order chi connectivity index (χ1) is 15.5. The number of benzene rings is 2. The van der Waals surface area contributed by atoms with E-state index in [2.05, 4.69) is 73.9 Å². The molecule has 0 spiro atoms. The van der Waals surface area contributed by atoms with Crippen molar-refractivity contribution in [2.24, 2.45) is 0 Å². The molecule has 3 rings (SSSR count). The second-order valence-electron chi connectivity index (χ2n) is 8.34. The smallest absolute Gasteiger partial charge is 0.222 e. The number of rotatable bonds is 9. The number of hydrogen-bond donors (Lipinski definition) is 0. The van der Waals surface area contributed by atoms with Gasteiger partial charge in [0.15, 0.2) is 0 Å². The molecule has 0 fully saturated rings. The highest BCUT2D eigenvalue weighted by Crippen LogP contribution is 2.30. The zero-order valence-corrected chi connectivity index (χ0v) is 19.7. The number of amides is 1. The molecule has 3 aromatic rings. The van der Waals surface area contributed by atoms with Crippen LogP contribution < -0.4 is 0 Å². The average molecular weight is 428 g/mol. The first-order valence-electron chi connectivity index (χ1n) is 11.5. The lowest BCUT2D eigenvalue weighted by atomic mass is 10.0. The van der Waals surface area contributed by atoms with Crippen molar-refractivity contribution in [2.45, 2.75) is 53.4 Å². The van der Waals surface area contributed by atoms with Gasteiger partial charge in [0.1, 0.15) is 0 Å². The van der Waals surface area contributed by atoms with Crippen molar-refractivity contribution in [3.63, 3.8) is 0 Å². The lowest BCUT2D eigenvalue weighted by Gasteiger charge is -2.21. The predicted molar refractivity (Wildman–Crippen MR) is 131 cm³/mol. The quantitative estimate of drug-likeness (QED) is 0.419. The molecule has 1 heterocycles. The highest BCUT2D eigenvalue weighted by atomic mass is 16.2. The van der Waals surface area contributed by atoms with Crippen molar-refractivity contribution in [3.8, 4) is 23.0 Å². The second-order valence-corrected chi connectivity index (χ2v) is 8.34. The molecule has 0 aliphatic heterocycles. The van der Waals surface area contributed by atoms with Gasteiger partial charge in [0.2, 0.25) is 5.91 Å². The number of aromatic nitrogens is 1. The van der Waals surface area contributed by atoms with Crippen molar-refractivity contribution in [3.05, 3.63) is 77.0 Å². The zero-order chi connectivity index (χ0) is 23.1. The minimum atomic E-state index is 0.208. The van der Waals surface area contributed by atoms with Gasteiger partial charge in [0.05, 0.1) is 18.2 Å². The van der Waals surface area contributed by atoms with Crippen molar-refractivity contribution in [2.75, 3.05) is 13.1 Å². The summed E-state index contributed by atoms with van der Waals surface area (Å²) in [6, 6.07) is 21.2. The van der Waals surface area contributed by atoms with E-state index in [0.717, 1.165) is 42.1 Å². The molecule has 4 heteroatoms. The molecular weight excluding hydrogens is 394 g/mol. The van der Waals surface area contributed by atoms with Gasteiger partial charge in [0, 0.05) is 36.5 Å². The first-order valence-corrected chi connectivity index (χ1v) is 11.5. The number of carbonyl (C=O) groups is 1. The van der Waals surface area contributed by atoms with Crippen molar-refractivity contribution in [1.29, 1.82) is 5.26 Å². The Morgan fingerprint density at radius 3 is 2.41 bits per heavy atom. The fourth-order valence-electron chi connectivity index (χ4n) is 4.27. The van der Waals surface area contributed by atoms with Crippen molar-refractivity contribution >= 4 is 5.91 Å². The van der Waals surface area contributed by atoms with Gasteiger partial charge in [-0.3, -0.25) is 4.79 Å². The van der Waals surface area contributed by atoms with E-state index in [1.54, 1.807) is 0 Å². The maximum atomic E-state index is 12.8. The van der Waals surface area contributed by atoms with E-state index in [1.165, 1.54) is 16.7 Å². The van der Waals surface area contributed by atoms with Crippen LogP contribution >= 0.6 is 0 Å². The number of hydrogen-bond acceptors (Lipinski definition) is 2. The van der Waals surface area contributed by atoms with E-state index in [9.17, 15) is 4.79 Å². The third kappa shape index (κ3) is 5.29. The summed E-state index contributed by atoms with van der Waals surface area (Å²) >= 11 is 0. The summed E-state index contributed by atoms with van der Waals surface area (Å²) in [6.07, 6.45) is 2.56. The third-order valence-electron chi connectivity index (χ3n) is 5.92. The summed E-state index contributed by atoms with van der Waals surface area (Å²) < 4.78 is 2.26. The standard InChI is InChI=1S/C28H33N3O/c1-5-19-30(6-2)28(32)16-13-25-12-15-27(26-14-7-21(3)20-22(26)4)31(25)24-10-8-23(9-11-24)17-18-29/h7-12,14-15,20H,5-6,13,16-17,19H2,1-4H3. The van der Waals surface area contributed by atoms with Gasteiger partial charge in [0.25, 0.3) is 0 Å². The molecule has 0 atom stereocenters. The molecule has 4 nitrogen and oxygen atoms in total. The normalized spacial score (nSPS) is 10.7.